The van der Waals surface area contributed by atoms with E-state index in [2.05, 4.69) is 37.2 Å². The third kappa shape index (κ3) is 7.28. The van der Waals surface area contributed by atoms with Gasteiger partial charge in [-0.05, 0) is 32.0 Å². The van der Waals surface area contributed by atoms with Crippen molar-refractivity contribution < 1.29 is 4.74 Å². The number of likely N-dealkylation sites (N-methyl/N-ethyl adjacent to an activating group) is 1. The molecule has 0 spiro atoms. The third-order valence-electron chi connectivity index (χ3n) is 3.72. The summed E-state index contributed by atoms with van der Waals surface area (Å²) in [5, 5.41) is 4.26. The predicted octanol–water partition coefficient (Wildman–Crippen LogP) is 3.74. The SMILES string of the molecule is CCCCOCCNCCN(C)C(C)c1ccccc1Cl. The average molecular weight is 313 g/mol. The normalized spacial score (nSPS) is 12.8. The maximum Gasteiger partial charge on any atom is 0.0590 e. The molecule has 1 aromatic rings. The lowest BCUT2D eigenvalue weighted by Gasteiger charge is -2.26. The van der Waals surface area contributed by atoms with Crippen LogP contribution >= 0.6 is 11.6 Å². The lowest BCUT2D eigenvalue weighted by Crippen LogP contribution is -2.32. The predicted molar refractivity (Wildman–Crippen MR) is 91.1 cm³/mol. The Labute approximate surface area is 134 Å². The fourth-order valence-electron chi connectivity index (χ4n) is 2.12. The maximum atomic E-state index is 6.25. The van der Waals surface area contributed by atoms with Gasteiger partial charge in [0.1, 0.15) is 0 Å². The third-order valence-corrected chi connectivity index (χ3v) is 4.07. The number of ether oxygens (including phenoxy) is 1. The number of hydrogen-bond acceptors (Lipinski definition) is 3. The Kier molecular flexibility index (Phi) is 9.68. The molecule has 4 heteroatoms. The van der Waals surface area contributed by atoms with E-state index in [9.17, 15) is 0 Å². The fourth-order valence-corrected chi connectivity index (χ4v) is 2.41. The van der Waals surface area contributed by atoms with E-state index in [4.69, 9.17) is 16.3 Å². The smallest absolute Gasteiger partial charge is 0.0590 e. The molecule has 1 N–H and O–H groups in total. The first-order valence-corrected chi connectivity index (χ1v) is 8.27. The lowest BCUT2D eigenvalue weighted by molar-refractivity contribution is 0.132. The van der Waals surface area contributed by atoms with Crippen LogP contribution in [0.4, 0.5) is 0 Å². The van der Waals surface area contributed by atoms with E-state index in [0.29, 0.717) is 6.04 Å². The first kappa shape index (κ1) is 18.4. The second-order valence-corrected chi connectivity index (χ2v) is 5.80. The molecular weight excluding hydrogens is 284 g/mol. The quantitative estimate of drug-likeness (QED) is 0.630. The fraction of sp³-hybridized carbons (Fsp3) is 0.647. The molecule has 0 aliphatic heterocycles. The van der Waals surface area contributed by atoms with Gasteiger partial charge in [-0.3, -0.25) is 4.90 Å². The van der Waals surface area contributed by atoms with Crippen molar-refractivity contribution in [3.05, 3.63) is 34.9 Å². The van der Waals surface area contributed by atoms with E-state index < -0.39 is 0 Å². The summed E-state index contributed by atoms with van der Waals surface area (Å²) in [6.07, 6.45) is 2.34. The van der Waals surface area contributed by atoms with Crippen molar-refractivity contribution in [3.8, 4) is 0 Å². The molecule has 0 aliphatic carbocycles. The molecule has 1 aromatic carbocycles. The van der Waals surface area contributed by atoms with Crippen LogP contribution in [0.15, 0.2) is 24.3 Å². The van der Waals surface area contributed by atoms with Gasteiger partial charge >= 0.3 is 0 Å². The first-order valence-electron chi connectivity index (χ1n) is 7.90. The van der Waals surface area contributed by atoms with Crippen molar-refractivity contribution in [2.75, 3.05) is 39.9 Å². The van der Waals surface area contributed by atoms with Crippen LogP contribution in [0.1, 0.15) is 38.3 Å². The van der Waals surface area contributed by atoms with E-state index in [-0.39, 0.29) is 0 Å². The highest BCUT2D eigenvalue weighted by atomic mass is 35.5. The molecule has 21 heavy (non-hydrogen) atoms. The zero-order valence-corrected chi connectivity index (χ0v) is 14.3. The Morgan fingerprint density at radius 2 is 2.00 bits per heavy atom. The van der Waals surface area contributed by atoms with Gasteiger partial charge in [0.15, 0.2) is 0 Å². The minimum Gasteiger partial charge on any atom is -0.380 e. The highest BCUT2D eigenvalue weighted by Crippen LogP contribution is 2.25. The second kappa shape index (κ2) is 11.0. The molecule has 0 amide bonds. The van der Waals surface area contributed by atoms with Gasteiger partial charge in [-0.2, -0.15) is 0 Å². The minimum atomic E-state index is 0.321. The number of benzene rings is 1. The van der Waals surface area contributed by atoms with Crippen molar-refractivity contribution in [1.29, 1.82) is 0 Å². The molecule has 1 atom stereocenters. The highest BCUT2D eigenvalue weighted by Gasteiger charge is 2.13. The topological polar surface area (TPSA) is 24.5 Å². The number of nitrogens with one attached hydrogen (secondary N) is 1. The largest absolute Gasteiger partial charge is 0.380 e. The first-order chi connectivity index (χ1) is 10.2. The Morgan fingerprint density at radius 3 is 2.71 bits per heavy atom. The van der Waals surface area contributed by atoms with E-state index in [1.54, 1.807) is 0 Å². The zero-order chi connectivity index (χ0) is 15.5. The molecule has 0 saturated heterocycles. The standard InChI is InChI=1S/C17H29ClN2O/c1-4-5-13-21-14-11-19-10-12-20(3)15(2)16-8-6-7-9-17(16)18/h6-9,15,19H,4-5,10-14H2,1-3H3. The van der Waals surface area contributed by atoms with Gasteiger partial charge in [-0.25, -0.2) is 0 Å². The van der Waals surface area contributed by atoms with Gasteiger partial charge in [-0.1, -0.05) is 43.1 Å². The molecule has 1 rings (SSSR count). The van der Waals surface area contributed by atoms with Crippen LogP contribution in [0.3, 0.4) is 0 Å². The minimum absolute atomic E-state index is 0.321. The molecule has 0 fully saturated rings. The summed E-state index contributed by atoms with van der Waals surface area (Å²) in [4.78, 5) is 2.31. The average Bonchev–Trinajstić information content (AvgIpc) is 2.49. The molecule has 0 saturated carbocycles. The van der Waals surface area contributed by atoms with Crippen LogP contribution < -0.4 is 5.32 Å². The number of rotatable bonds is 11. The number of unbranched alkanes of at least 4 members (excludes halogenated alkanes) is 1. The van der Waals surface area contributed by atoms with E-state index in [1.165, 1.54) is 12.0 Å². The van der Waals surface area contributed by atoms with Gasteiger partial charge in [0.2, 0.25) is 0 Å². The van der Waals surface area contributed by atoms with Gasteiger partial charge in [0.25, 0.3) is 0 Å². The Bertz CT molecular complexity index is 387. The molecule has 0 heterocycles. The number of halogens is 1. The monoisotopic (exact) mass is 312 g/mol. The molecule has 0 aromatic heterocycles. The number of hydrogen-bond donors (Lipinski definition) is 1. The van der Waals surface area contributed by atoms with Crippen molar-refractivity contribution in [2.45, 2.75) is 32.7 Å². The molecule has 0 aliphatic rings. The maximum absolute atomic E-state index is 6.25. The van der Waals surface area contributed by atoms with Crippen molar-refractivity contribution in [1.82, 2.24) is 10.2 Å². The van der Waals surface area contributed by atoms with Crippen LogP contribution in [0.5, 0.6) is 0 Å². The molecule has 1 unspecified atom stereocenters. The summed E-state index contributed by atoms with van der Waals surface area (Å²) in [7, 11) is 2.13. The van der Waals surface area contributed by atoms with Gasteiger partial charge < -0.3 is 10.1 Å². The van der Waals surface area contributed by atoms with Crippen LogP contribution in [0.25, 0.3) is 0 Å². The molecule has 0 radical (unpaired) electrons. The van der Waals surface area contributed by atoms with E-state index >= 15 is 0 Å². The highest BCUT2D eigenvalue weighted by molar-refractivity contribution is 6.31. The lowest BCUT2D eigenvalue weighted by atomic mass is 10.1. The second-order valence-electron chi connectivity index (χ2n) is 5.39. The van der Waals surface area contributed by atoms with Gasteiger partial charge in [0.05, 0.1) is 6.61 Å². The summed E-state index contributed by atoms with van der Waals surface area (Å²) < 4.78 is 5.52. The van der Waals surface area contributed by atoms with Crippen LogP contribution in [0, 0.1) is 0 Å². The Balaban J connectivity index is 2.16. The van der Waals surface area contributed by atoms with E-state index in [0.717, 1.165) is 44.3 Å². The van der Waals surface area contributed by atoms with Crippen molar-refractivity contribution in [3.63, 3.8) is 0 Å². The Morgan fingerprint density at radius 1 is 1.24 bits per heavy atom. The van der Waals surface area contributed by atoms with E-state index in [1.807, 2.05) is 18.2 Å². The van der Waals surface area contributed by atoms with Crippen molar-refractivity contribution in [2.24, 2.45) is 0 Å². The molecule has 3 nitrogen and oxygen atoms in total. The van der Waals surface area contributed by atoms with Crippen molar-refractivity contribution >= 4 is 11.6 Å². The molecular formula is C17H29ClN2O. The summed E-state index contributed by atoms with van der Waals surface area (Å²) in [5.74, 6) is 0. The zero-order valence-electron chi connectivity index (χ0n) is 13.6. The summed E-state index contributed by atoms with van der Waals surface area (Å²) in [5.41, 5.74) is 1.18. The summed E-state index contributed by atoms with van der Waals surface area (Å²) in [6.45, 7) is 8.90. The summed E-state index contributed by atoms with van der Waals surface area (Å²) in [6, 6.07) is 8.38. The van der Waals surface area contributed by atoms with Crippen LogP contribution in [0.2, 0.25) is 5.02 Å². The van der Waals surface area contributed by atoms with Gasteiger partial charge in [0, 0.05) is 37.3 Å². The van der Waals surface area contributed by atoms with Gasteiger partial charge in [-0.15, -0.1) is 0 Å². The number of nitrogens with zero attached hydrogens (tertiary/aromatic N) is 1. The molecule has 120 valence electrons. The van der Waals surface area contributed by atoms with Crippen LogP contribution in [-0.4, -0.2) is 44.8 Å². The van der Waals surface area contributed by atoms with Crippen LogP contribution in [-0.2, 0) is 4.74 Å². The summed E-state index contributed by atoms with van der Waals surface area (Å²) >= 11 is 6.25. The Hall–Kier alpha value is -0.610. The molecule has 0 bridgehead atoms.